The Morgan fingerprint density at radius 2 is 2.17 bits per heavy atom. The molecule has 118 valence electrons. The van der Waals surface area contributed by atoms with E-state index in [1.54, 1.807) is 24.3 Å². The van der Waals surface area contributed by atoms with Crippen molar-refractivity contribution in [3.8, 4) is 11.6 Å². The lowest BCUT2D eigenvalue weighted by atomic mass is 10.1. The number of nitrogen functional groups attached to an aromatic ring is 1. The molecule has 2 aromatic heterocycles. The summed E-state index contributed by atoms with van der Waals surface area (Å²) < 4.78 is 6.60. The third-order valence-electron chi connectivity index (χ3n) is 3.24. The van der Waals surface area contributed by atoms with E-state index >= 15 is 0 Å². The van der Waals surface area contributed by atoms with E-state index in [1.807, 2.05) is 13.0 Å². The molecule has 1 atom stereocenters. The van der Waals surface area contributed by atoms with Crippen LogP contribution in [0.1, 0.15) is 17.7 Å². The molecule has 3 aromatic rings. The van der Waals surface area contributed by atoms with Gasteiger partial charge >= 0.3 is 0 Å². The standard InChI is InChI=1S/C14H13N5O3S/c1-9(10-4-2-5-11(8-10)19(20)21)23-14-17-16-13(18(14)15)12-6-3-7-22-12/h2-9H,15H2,1H3/t9-/m0/s1. The Morgan fingerprint density at radius 3 is 2.87 bits per heavy atom. The molecule has 0 spiro atoms. The van der Waals surface area contributed by atoms with Crippen LogP contribution < -0.4 is 5.84 Å². The van der Waals surface area contributed by atoms with Gasteiger partial charge < -0.3 is 10.3 Å². The van der Waals surface area contributed by atoms with E-state index < -0.39 is 4.92 Å². The Kier molecular flexibility index (Phi) is 4.02. The van der Waals surface area contributed by atoms with E-state index in [1.165, 1.54) is 28.8 Å². The van der Waals surface area contributed by atoms with Crippen molar-refractivity contribution in [1.29, 1.82) is 0 Å². The summed E-state index contributed by atoms with van der Waals surface area (Å²) in [5.41, 5.74) is 0.868. The molecule has 0 radical (unpaired) electrons. The zero-order valence-electron chi connectivity index (χ0n) is 12.1. The monoisotopic (exact) mass is 331 g/mol. The summed E-state index contributed by atoms with van der Waals surface area (Å²) in [5, 5.41) is 19.4. The van der Waals surface area contributed by atoms with Gasteiger partial charge in [-0.05, 0) is 24.6 Å². The number of nitrogens with zero attached hydrogens (tertiary/aromatic N) is 4. The van der Waals surface area contributed by atoms with Crippen molar-refractivity contribution >= 4 is 17.4 Å². The van der Waals surface area contributed by atoms with Crippen LogP contribution >= 0.6 is 11.8 Å². The summed E-state index contributed by atoms with van der Waals surface area (Å²) in [7, 11) is 0. The number of non-ortho nitro benzene ring substituents is 1. The summed E-state index contributed by atoms with van der Waals surface area (Å²) in [6, 6.07) is 9.97. The predicted octanol–water partition coefficient (Wildman–Crippen LogP) is 3.01. The molecule has 0 saturated heterocycles. The topological polar surface area (TPSA) is 113 Å². The van der Waals surface area contributed by atoms with Gasteiger partial charge in [0.15, 0.2) is 5.76 Å². The molecule has 8 nitrogen and oxygen atoms in total. The van der Waals surface area contributed by atoms with Gasteiger partial charge in [0.05, 0.1) is 11.2 Å². The molecule has 23 heavy (non-hydrogen) atoms. The third kappa shape index (κ3) is 3.04. The fourth-order valence-corrected chi connectivity index (χ4v) is 2.94. The highest BCUT2D eigenvalue weighted by Gasteiger charge is 2.18. The third-order valence-corrected chi connectivity index (χ3v) is 4.35. The number of benzene rings is 1. The lowest BCUT2D eigenvalue weighted by molar-refractivity contribution is -0.384. The second kappa shape index (κ2) is 6.13. The Labute approximate surface area is 135 Å². The van der Waals surface area contributed by atoms with Crippen LogP contribution in [-0.2, 0) is 0 Å². The predicted molar refractivity (Wildman–Crippen MR) is 85.2 cm³/mol. The maximum atomic E-state index is 10.9. The summed E-state index contributed by atoms with van der Waals surface area (Å²) in [6.07, 6.45) is 1.53. The van der Waals surface area contributed by atoms with Gasteiger partial charge in [0, 0.05) is 17.4 Å². The van der Waals surface area contributed by atoms with Crippen molar-refractivity contribution in [3.05, 3.63) is 58.3 Å². The highest BCUT2D eigenvalue weighted by atomic mass is 32.2. The zero-order chi connectivity index (χ0) is 16.4. The number of nitrogens with two attached hydrogens (primary N) is 1. The minimum absolute atomic E-state index is 0.0560. The van der Waals surface area contributed by atoms with Crippen molar-refractivity contribution in [1.82, 2.24) is 14.9 Å². The molecule has 0 saturated carbocycles. The minimum atomic E-state index is -0.415. The second-order valence-electron chi connectivity index (χ2n) is 4.77. The first-order chi connectivity index (χ1) is 11.1. The number of rotatable bonds is 5. The summed E-state index contributed by atoms with van der Waals surface area (Å²) in [4.78, 5) is 10.4. The van der Waals surface area contributed by atoms with Crippen LogP contribution in [0.3, 0.4) is 0 Å². The van der Waals surface area contributed by atoms with Crippen LogP contribution in [0, 0.1) is 10.1 Å². The van der Waals surface area contributed by atoms with Crippen molar-refractivity contribution < 1.29 is 9.34 Å². The fraction of sp³-hybridized carbons (Fsp3) is 0.143. The zero-order valence-corrected chi connectivity index (χ0v) is 12.9. The second-order valence-corrected chi connectivity index (χ2v) is 6.07. The van der Waals surface area contributed by atoms with E-state index in [-0.39, 0.29) is 10.9 Å². The summed E-state index contributed by atoms with van der Waals surface area (Å²) in [5.74, 6) is 6.94. The van der Waals surface area contributed by atoms with Crippen LogP contribution in [0.4, 0.5) is 5.69 Å². The fourth-order valence-electron chi connectivity index (χ4n) is 2.05. The van der Waals surface area contributed by atoms with Crippen molar-refractivity contribution in [2.75, 3.05) is 5.84 Å². The number of furan rings is 1. The molecule has 2 heterocycles. The van der Waals surface area contributed by atoms with Crippen LogP contribution in [0.15, 0.2) is 52.2 Å². The quantitative estimate of drug-likeness (QED) is 0.331. The maximum absolute atomic E-state index is 10.9. The molecular formula is C14H13N5O3S. The average molecular weight is 331 g/mol. The van der Waals surface area contributed by atoms with E-state index in [0.29, 0.717) is 16.7 Å². The molecule has 0 aliphatic rings. The van der Waals surface area contributed by atoms with Crippen LogP contribution in [0.5, 0.6) is 0 Å². The number of thioether (sulfide) groups is 1. The molecule has 9 heteroatoms. The van der Waals surface area contributed by atoms with Gasteiger partial charge in [0.1, 0.15) is 0 Å². The first-order valence-corrected chi connectivity index (χ1v) is 7.59. The lowest BCUT2D eigenvalue weighted by Crippen LogP contribution is -2.11. The van der Waals surface area contributed by atoms with Crippen molar-refractivity contribution in [2.45, 2.75) is 17.3 Å². The molecule has 0 aliphatic carbocycles. The van der Waals surface area contributed by atoms with Crippen LogP contribution in [0.25, 0.3) is 11.6 Å². The lowest BCUT2D eigenvalue weighted by Gasteiger charge is -2.10. The smallest absolute Gasteiger partial charge is 0.269 e. The van der Waals surface area contributed by atoms with E-state index in [4.69, 9.17) is 10.3 Å². The van der Waals surface area contributed by atoms with Crippen molar-refractivity contribution in [2.24, 2.45) is 0 Å². The van der Waals surface area contributed by atoms with E-state index in [0.717, 1.165) is 5.56 Å². The largest absolute Gasteiger partial charge is 0.461 e. The van der Waals surface area contributed by atoms with Gasteiger partial charge in [-0.15, -0.1) is 10.2 Å². The van der Waals surface area contributed by atoms with Gasteiger partial charge in [-0.1, -0.05) is 23.9 Å². The van der Waals surface area contributed by atoms with Gasteiger partial charge in [0.2, 0.25) is 11.0 Å². The highest BCUT2D eigenvalue weighted by molar-refractivity contribution is 7.99. The SMILES string of the molecule is C[C@H](Sc1nnc(-c2ccco2)n1N)c1cccc([N+](=O)[O-])c1. The maximum Gasteiger partial charge on any atom is 0.269 e. The van der Waals surface area contributed by atoms with Gasteiger partial charge in [-0.25, -0.2) is 4.68 Å². The number of nitro groups is 1. The first kappa shape index (κ1) is 15.1. The molecule has 2 N–H and O–H groups in total. The Hall–Kier alpha value is -2.81. The van der Waals surface area contributed by atoms with Crippen LogP contribution in [-0.4, -0.2) is 19.8 Å². The molecular weight excluding hydrogens is 318 g/mol. The number of aromatic nitrogens is 3. The molecule has 1 aromatic carbocycles. The van der Waals surface area contributed by atoms with E-state index in [9.17, 15) is 10.1 Å². The van der Waals surface area contributed by atoms with Crippen LogP contribution in [0.2, 0.25) is 0 Å². The number of hydrogen-bond acceptors (Lipinski definition) is 7. The Balaban J connectivity index is 1.82. The molecule has 3 rings (SSSR count). The molecule has 0 fully saturated rings. The number of nitro benzene ring substituents is 1. The van der Waals surface area contributed by atoms with Gasteiger partial charge in [-0.2, -0.15) is 0 Å². The van der Waals surface area contributed by atoms with Crippen molar-refractivity contribution in [3.63, 3.8) is 0 Å². The molecule has 0 unspecified atom stereocenters. The minimum Gasteiger partial charge on any atom is -0.461 e. The van der Waals surface area contributed by atoms with E-state index in [2.05, 4.69) is 10.2 Å². The van der Waals surface area contributed by atoms with Gasteiger partial charge in [0.25, 0.3) is 5.69 Å². The normalized spacial score (nSPS) is 12.2. The molecule has 0 aliphatic heterocycles. The summed E-state index contributed by atoms with van der Waals surface area (Å²) >= 11 is 1.36. The Morgan fingerprint density at radius 1 is 1.35 bits per heavy atom. The van der Waals surface area contributed by atoms with Gasteiger partial charge in [-0.3, -0.25) is 10.1 Å². The first-order valence-electron chi connectivity index (χ1n) is 6.71. The molecule has 0 bridgehead atoms. The summed E-state index contributed by atoms with van der Waals surface area (Å²) in [6.45, 7) is 1.92. The average Bonchev–Trinajstić information content (AvgIpc) is 3.18. The molecule has 0 amide bonds. The highest BCUT2D eigenvalue weighted by Crippen LogP contribution is 2.35. The Bertz CT molecular complexity index is 831. The number of hydrogen-bond donors (Lipinski definition) is 1.